The van der Waals surface area contributed by atoms with Crippen LogP contribution in [0.5, 0.6) is 0 Å². The van der Waals surface area contributed by atoms with Crippen LogP contribution in [-0.4, -0.2) is 40.3 Å². The summed E-state index contributed by atoms with van der Waals surface area (Å²) in [5.74, 6) is 0. The highest BCUT2D eigenvalue weighted by atomic mass is 16.2. The molecule has 0 spiro atoms. The summed E-state index contributed by atoms with van der Waals surface area (Å²) in [5, 5.41) is 9.91. The lowest BCUT2D eigenvalue weighted by atomic mass is 10.2. The minimum absolute atomic E-state index is 0.230. The van der Waals surface area contributed by atoms with Crippen molar-refractivity contribution in [2.45, 2.75) is 13.3 Å². The number of hydrogen-bond acceptors (Lipinski definition) is 4. The first kappa shape index (κ1) is 15.4. The van der Waals surface area contributed by atoms with E-state index in [-0.39, 0.29) is 6.03 Å². The number of aryl methyl sites for hydroxylation is 1. The summed E-state index contributed by atoms with van der Waals surface area (Å²) >= 11 is 0. The second-order valence-electron chi connectivity index (χ2n) is 6.15. The van der Waals surface area contributed by atoms with Gasteiger partial charge < -0.3 is 15.5 Å². The van der Waals surface area contributed by atoms with Crippen LogP contribution in [0.25, 0.3) is 5.65 Å². The van der Waals surface area contributed by atoms with E-state index < -0.39 is 0 Å². The van der Waals surface area contributed by atoms with Gasteiger partial charge in [0.05, 0.1) is 5.69 Å². The highest BCUT2D eigenvalue weighted by molar-refractivity contribution is 5.94. The summed E-state index contributed by atoms with van der Waals surface area (Å²) in [7, 11) is 0. The number of fused-ring (bicyclic) bond motifs is 2. The molecule has 0 fully saturated rings. The number of pyridine rings is 1. The fraction of sp³-hybridized carbons (Fsp3) is 0.278. The second kappa shape index (κ2) is 6.43. The number of amides is 2. The van der Waals surface area contributed by atoms with E-state index in [1.54, 1.807) is 4.52 Å². The summed E-state index contributed by atoms with van der Waals surface area (Å²) in [4.78, 5) is 18.8. The summed E-state index contributed by atoms with van der Waals surface area (Å²) < 4.78 is 1.64. The molecule has 0 aliphatic carbocycles. The average Bonchev–Trinajstić information content (AvgIpc) is 3.25. The van der Waals surface area contributed by atoms with Gasteiger partial charge in [0.15, 0.2) is 5.65 Å². The Morgan fingerprint density at radius 1 is 1.28 bits per heavy atom. The minimum Gasteiger partial charge on any atom is -0.369 e. The predicted octanol–water partition coefficient (Wildman–Crippen LogP) is 2.22. The highest BCUT2D eigenvalue weighted by Crippen LogP contribution is 2.26. The number of nitrogens with one attached hydrogen (secondary N) is 2. The molecule has 3 heterocycles. The Morgan fingerprint density at radius 3 is 3.08 bits per heavy atom. The number of nitrogens with zero attached hydrogens (tertiary/aromatic N) is 4. The average molecular weight is 336 g/mol. The normalized spacial score (nSPS) is 13.1. The standard InChI is InChI=1S/C18H20N6O/c1-13-6-10-24-17(20-12-21-24)16(13)22-18(25)19-8-11-23-9-7-14-4-2-3-5-15(14)23/h2-6,10,12H,7-9,11H2,1H3,(H2,19,22,25). The fourth-order valence-corrected chi connectivity index (χ4v) is 3.24. The highest BCUT2D eigenvalue weighted by Gasteiger charge is 2.18. The van der Waals surface area contributed by atoms with Crippen molar-refractivity contribution in [3.05, 3.63) is 54.0 Å². The molecule has 7 heteroatoms. The van der Waals surface area contributed by atoms with Crippen LogP contribution in [0.4, 0.5) is 16.2 Å². The van der Waals surface area contributed by atoms with Gasteiger partial charge in [0, 0.05) is 31.5 Å². The van der Waals surface area contributed by atoms with Gasteiger partial charge in [-0.25, -0.2) is 14.3 Å². The Labute approximate surface area is 145 Å². The third kappa shape index (κ3) is 3.00. The van der Waals surface area contributed by atoms with Gasteiger partial charge in [-0.15, -0.1) is 0 Å². The van der Waals surface area contributed by atoms with Gasteiger partial charge >= 0.3 is 6.03 Å². The van der Waals surface area contributed by atoms with E-state index in [9.17, 15) is 4.79 Å². The molecule has 0 saturated heterocycles. The van der Waals surface area contributed by atoms with E-state index in [1.165, 1.54) is 17.6 Å². The van der Waals surface area contributed by atoms with Crippen molar-refractivity contribution in [1.29, 1.82) is 0 Å². The van der Waals surface area contributed by atoms with Crippen molar-refractivity contribution < 1.29 is 4.79 Å². The molecule has 0 saturated carbocycles. The fourth-order valence-electron chi connectivity index (χ4n) is 3.24. The molecule has 0 unspecified atom stereocenters. The van der Waals surface area contributed by atoms with Gasteiger partial charge in [0.25, 0.3) is 0 Å². The zero-order valence-corrected chi connectivity index (χ0v) is 14.1. The first-order chi connectivity index (χ1) is 12.2. The molecular formula is C18H20N6O. The van der Waals surface area contributed by atoms with Crippen molar-refractivity contribution in [2.75, 3.05) is 29.9 Å². The number of benzene rings is 1. The maximum atomic E-state index is 12.3. The molecule has 2 amide bonds. The Bertz CT molecular complexity index is 919. The van der Waals surface area contributed by atoms with Crippen LogP contribution in [0.2, 0.25) is 0 Å². The first-order valence-electron chi connectivity index (χ1n) is 8.39. The quantitative estimate of drug-likeness (QED) is 0.766. The molecule has 128 valence electrons. The van der Waals surface area contributed by atoms with Crippen LogP contribution in [0.15, 0.2) is 42.9 Å². The Kier molecular flexibility index (Phi) is 3.97. The number of hydrogen-bond donors (Lipinski definition) is 2. The van der Waals surface area contributed by atoms with E-state index in [0.29, 0.717) is 17.9 Å². The van der Waals surface area contributed by atoms with E-state index in [0.717, 1.165) is 25.1 Å². The Hall–Kier alpha value is -3.09. The van der Waals surface area contributed by atoms with Crippen LogP contribution in [0, 0.1) is 6.92 Å². The summed E-state index contributed by atoms with van der Waals surface area (Å²) in [6.45, 7) is 4.31. The molecule has 0 radical (unpaired) electrons. The Balaban J connectivity index is 1.36. The topological polar surface area (TPSA) is 74.6 Å². The summed E-state index contributed by atoms with van der Waals surface area (Å²) in [6.07, 6.45) is 4.37. The molecule has 7 nitrogen and oxygen atoms in total. The number of carbonyl (C=O) groups is 1. The SMILES string of the molecule is Cc1ccn2ncnc2c1NC(=O)NCCN1CCc2ccccc21. The third-order valence-electron chi connectivity index (χ3n) is 4.55. The maximum Gasteiger partial charge on any atom is 0.319 e. The van der Waals surface area contributed by atoms with Crippen LogP contribution in [0.1, 0.15) is 11.1 Å². The smallest absolute Gasteiger partial charge is 0.319 e. The molecule has 4 rings (SSSR count). The van der Waals surface area contributed by atoms with Crippen molar-refractivity contribution in [2.24, 2.45) is 0 Å². The van der Waals surface area contributed by atoms with Gasteiger partial charge in [-0.3, -0.25) is 0 Å². The number of para-hydroxylation sites is 1. The summed E-state index contributed by atoms with van der Waals surface area (Å²) in [6, 6.07) is 10.1. The van der Waals surface area contributed by atoms with Crippen molar-refractivity contribution >= 4 is 23.1 Å². The largest absolute Gasteiger partial charge is 0.369 e. The maximum absolute atomic E-state index is 12.3. The third-order valence-corrected chi connectivity index (χ3v) is 4.55. The zero-order chi connectivity index (χ0) is 17.2. The molecular weight excluding hydrogens is 316 g/mol. The molecule has 1 aromatic carbocycles. The van der Waals surface area contributed by atoms with E-state index in [2.05, 4.69) is 49.9 Å². The number of rotatable bonds is 4. The van der Waals surface area contributed by atoms with Gasteiger partial charge in [0.2, 0.25) is 0 Å². The summed E-state index contributed by atoms with van der Waals surface area (Å²) in [5.41, 5.74) is 4.92. The Morgan fingerprint density at radius 2 is 2.16 bits per heavy atom. The monoisotopic (exact) mass is 336 g/mol. The van der Waals surface area contributed by atoms with Gasteiger partial charge in [-0.1, -0.05) is 18.2 Å². The number of carbonyl (C=O) groups excluding carboxylic acids is 1. The molecule has 3 aromatic rings. The van der Waals surface area contributed by atoms with E-state index in [4.69, 9.17) is 0 Å². The van der Waals surface area contributed by atoms with Crippen molar-refractivity contribution in [3.63, 3.8) is 0 Å². The molecule has 25 heavy (non-hydrogen) atoms. The van der Waals surface area contributed by atoms with Crippen LogP contribution in [0.3, 0.4) is 0 Å². The van der Waals surface area contributed by atoms with E-state index >= 15 is 0 Å². The van der Waals surface area contributed by atoms with Crippen LogP contribution < -0.4 is 15.5 Å². The predicted molar refractivity (Wildman–Crippen MR) is 97.1 cm³/mol. The molecule has 2 N–H and O–H groups in total. The lowest BCUT2D eigenvalue weighted by molar-refractivity contribution is 0.252. The van der Waals surface area contributed by atoms with Gasteiger partial charge in [-0.05, 0) is 36.6 Å². The van der Waals surface area contributed by atoms with Crippen LogP contribution >= 0.6 is 0 Å². The lowest BCUT2D eigenvalue weighted by Gasteiger charge is -2.19. The number of aromatic nitrogens is 3. The zero-order valence-electron chi connectivity index (χ0n) is 14.1. The van der Waals surface area contributed by atoms with Crippen LogP contribution in [-0.2, 0) is 6.42 Å². The lowest BCUT2D eigenvalue weighted by Crippen LogP contribution is -2.36. The number of anilines is 2. The van der Waals surface area contributed by atoms with Crippen molar-refractivity contribution in [3.8, 4) is 0 Å². The number of urea groups is 1. The van der Waals surface area contributed by atoms with Gasteiger partial charge in [0.1, 0.15) is 6.33 Å². The first-order valence-corrected chi connectivity index (χ1v) is 8.39. The molecule has 2 aromatic heterocycles. The van der Waals surface area contributed by atoms with Crippen molar-refractivity contribution in [1.82, 2.24) is 19.9 Å². The molecule has 1 aliphatic heterocycles. The second-order valence-corrected chi connectivity index (χ2v) is 6.15. The molecule has 0 atom stereocenters. The molecule has 0 bridgehead atoms. The van der Waals surface area contributed by atoms with E-state index in [1.807, 2.05) is 19.2 Å². The minimum atomic E-state index is -0.230. The molecule has 1 aliphatic rings. The van der Waals surface area contributed by atoms with Gasteiger partial charge in [-0.2, -0.15) is 5.10 Å².